The number of carbonyl (C=O) groups is 1. The fourth-order valence-corrected chi connectivity index (χ4v) is 4.32. The Balaban J connectivity index is 1.88. The van der Waals surface area contributed by atoms with Crippen molar-refractivity contribution in [2.45, 2.75) is 30.4 Å². The lowest BCUT2D eigenvalue weighted by molar-refractivity contribution is -0.118. The van der Waals surface area contributed by atoms with E-state index in [0.29, 0.717) is 24.8 Å². The molecule has 0 spiro atoms. The molecule has 0 radical (unpaired) electrons. The van der Waals surface area contributed by atoms with Crippen LogP contribution in [0.3, 0.4) is 0 Å². The average Bonchev–Trinajstić information content (AvgIpc) is 2.66. The number of nitrogens with zero attached hydrogens (tertiary/aromatic N) is 3. The van der Waals surface area contributed by atoms with Crippen LogP contribution in [0.4, 0.5) is 0 Å². The van der Waals surface area contributed by atoms with Crippen LogP contribution in [0.25, 0.3) is 0 Å². The van der Waals surface area contributed by atoms with Crippen molar-refractivity contribution in [1.82, 2.24) is 19.6 Å². The Morgan fingerprint density at radius 2 is 1.73 bits per heavy atom. The molecule has 1 N–H and O–H groups in total. The van der Waals surface area contributed by atoms with Crippen LogP contribution in [0.1, 0.15) is 19.4 Å². The molecule has 0 fully saturated rings. The molecule has 26 heavy (non-hydrogen) atoms. The summed E-state index contributed by atoms with van der Waals surface area (Å²) in [6.45, 7) is 4.81. The predicted octanol–water partition coefficient (Wildman–Crippen LogP) is 1.92. The van der Waals surface area contributed by atoms with E-state index in [1.54, 1.807) is 42.7 Å². The van der Waals surface area contributed by atoms with Gasteiger partial charge in [-0.15, -0.1) is 0 Å². The molecule has 0 aliphatic rings. The standard InChI is InChI=1S/C17H22N4O3S2/c1-3-21(4-2)26(23,24)15-8-6-14(7-9-15)12-20-16(22)13-25-17-18-10-5-11-19-17/h5-11H,3-4,12-13H2,1-2H3,(H,20,22). The molecule has 2 aromatic rings. The van der Waals surface area contributed by atoms with E-state index in [9.17, 15) is 13.2 Å². The Hall–Kier alpha value is -1.97. The Bertz CT molecular complexity index is 808. The van der Waals surface area contributed by atoms with E-state index in [2.05, 4.69) is 15.3 Å². The van der Waals surface area contributed by atoms with Crippen LogP contribution in [0.2, 0.25) is 0 Å². The highest BCUT2D eigenvalue weighted by Crippen LogP contribution is 2.16. The molecule has 9 heteroatoms. The molecule has 0 aliphatic heterocycles. The van der Waals surface area contributed by atoms with Gasteiger partial charge in [-0.05, 0) is 23.8 Å². The number of aromatic nitrogens is 2. The maximum absolute atomic E-state index is 12.4. The van der Waals surface area contributed by atoms with Crippen molar-refractivity contribution < 1.29 is 13.2 Å². The molecule has 0 saturated carbocycles. The quantitative estimate of drug-likeness (QED) is 0.516. The second-order valence-electron chi connectivity index (χ2n) is 5.33. The van der Waals surface area contributed by atoms with Crippen molar-refractivity contribution in [3.8, 4) is 0 Å². The van der Waals surface area contributed by atoms with Crippen LogP contribution in [0, 0.1) is 0 Å². The zero-order valence-corrected chi connectivity index (χ0v) is 16.4. The predicted molar refractivity (Wildman–Crippen MR) is 101 cm³/mol. The van der Waals surface area contributed by atoms with Crippen molar-refractivity contribution >= 4 is 27.7 Å². The maximum atomic E-state index is 12.4. The molecule has 1 aromatic heterocycles. The number of benzene rings is 1. The minimum atomic E-state index is -3.46. The third-order valence-electron chi connectivity index (χ3n) is 3.63. The summed E-state index contributed by atoms with van der Waals surface area (Å²) < 4.78 is 26.3. The van der Waals surface area contributed by atoms with E-state index in [4.69, 9.17) is 0 Å². The molecule has 0 aliphatic carbocycles. The third kappa shape index (κ3) is 5.52. The van der Waals surface area contributed by atoms with Crippen LogP contribution in [-0.2, 0) is 21.4 Å². The van der Waals surface area contributed by atoms with Gasteiger partial charge in [0.15, 0.2) is 5.16 Å². The second kappa shape index (κ2) is 9.65. The molecule has 0 atom stereocenters. The summed E-state index contributed by atoms with van der Waals surface area (Å²) in [6, 6.07) is 8.28. The van der Waals surface area contributed by atoms with Gasteiger partial charge in [-0.25, -0.2) is 18.4 Å². The first kappa shape index (κ1) is 20.3. The van der Waals surface area contributed by atoms with Gasteiger partial charge in [-0.2, -0.15) is 4.31 Å². The molecule has 2 rings (SSSR count). The van der Waals surface area contributed by atoms with E-state index >= 15 is 0 Å². The summed E-state index contributed by atoms with van der Waals surface area (Å²) in [5.41, 5.74) is 0.831. The highest BCUT2D eigenvalue weighted by molar-refractivity contribution is 7.99. The van der Waals surface area contributed by atoms with Gasteiger partial charge in [-0.1, -0.05) is 37.7 Å². The number of hydrogen-bond acceptors (Lipinski definition) is 6. The third-order valence-corrected chi connectivity index (χ3v) is 6.57. The van der Waals surface area contributed by atoms with Gasteiger partial charge in [-0.3, -0.25) is 4.79 Å². The lowest BCUT2D eigenvalue weighted by Gasteiger charge is -2.18. The molecular weight excluding hydrogens is 372 g/mol. The van der Waals surface area contributed by atoms with Crippen molar-refractivity contribution in [3.05, 3.63) is 48.3 Å². The normalized spacial score (nSPS) is 11.5. The number of sulfonamides is 1. The van der Waals surface area contributed by atoms with Gasteiger partial charge in [0.25, 0.3) is 0 Å². The number of hydrogen-bond donors (Lipinski definition) is 1. The van der Waals surface area contributed by atoms with E-state index in [1.807, 2.05) is 13.8 Å². The van der Waals surface area contributed by atoms with E-state index in [1.165, 1.54) is 16.1 Å². The van der Waals surface area contributed by atoms with Crippen molar-refractivity contribution in [2.24, 2.45) is 0 Å². The highest BCUT2D eigenvalue weighted by atomic mass is 32.2. The van der Waals surface area contributed by atoms with Crippen molar-refractivity contribution in [3.63, 3.8) is 0 Å². The topological polar surface area (TPSA) is 92.3 Å². The van der Waals surface area contributed by atoms with Gasteiger partial charge in [0, 0.05) is 32.0 Å². The van der Waals surface area contributed by atoms with Crippen LogP contribution in [0.15, 0.2) is 52.8 Å². The molecule has 1 heterocycles. The number of carbonyl (C=O) groups excluding carboxylic acids is 1. The summed E-state index contributed by atoms with van der Waals surface area (Å²) in [6.07, 6.45) is 3.25. The first-order valence-corrected chi connectivity index (χ1v) is 10.7. The lowest BCUT2D eigenvalue weighted by Crippen LogP contribution is -2.30. The summed E-state index contributed by atoms with van der Waals surface area (Å²) >= 11 is 1.26. The largest absolute Gasteiger partial charge is 0.351 e. The van der Waals surface area contributed by atoms with Gasteiger partial charge >= 0.3 is 0 Å². The molecule has 1 aromatic carbocycles. The van der Waals surface area contributed by atoms with Crippen LogP contribution < -0.4 is 5.32 Å². The lowest BCUT2D eigenvalue weighted by atomic mass is 10.2. The van der Waals surface area contributed by atoms with Gasteiger partial charge < -0.3 is 5.32 Å². The number of amides is 1. The number of rotatable bonds is 9. The second-order valence-corrected chi connectivity index (χ2v) is 8.21. The molecule has 140 valence electrons. The summed E-state index contributed by atoms with van der Waals surface area (Å²) in [5.74, 6) is 0.0839. The SMILES string of the molecule is CCN(CC)S(=O)(=O)c1ccc(CNC(=O)CSc2ncccn2)cc1. The Morgan fingerprint density at radius 1 is 1.12 bits per heavy atom. The van der Waals surface area contributed by atoms with E-state index < -0.39 is 10.0 Å². The summed E-state index contributed by atoms with van der Waals surface area (Å²) in [4.78, 5) is 20.2. The maximum Gasteiger partial charge on any atom is 0.243 e. The van der Waals surface area contributed by atoms with Gasteiger partial charge in [0.05, 0.1) is 10.6 Å². The fraction of sp³-hybridized carbons (Fsp3) is 0.353. The average molecular weight is 395 g/mol. The first-order valence-electron chi connectivity index (χ1n) is 8.23. The molecule has 0 saturated heterocycles. The molecular formula is C17H22N4O3S2. The highest BCUT2D eigenvalue weighted by Gasteiger charge is 2.21. The van der Waals surface area contributed by atoms with Crippen molar-refractivity contribution in [2.75, 3.05) is 18.8 Å². The smallest absolute Gasteiger partial charge is 0.243 e. The molecule has 7 nitrogen and oxygen atoms in total. The zero-order valence-electron chi connectivity index (χ0n) is 14.8. The Morgan fingerprint density at radius 3 is 2.31 bits per heavy atom. The molecule has 1 amide bonds. The summed E-state index contributed by atoms with van der Waals surface area (Å²) in [5, 5.41) is 3.35. The van der Waals surface area contributed by atoms with Gasteiger partial charge in [0.2, 0.25) is 15.9 Å². The minimum Gasteiger partial charge on any atom is -0.351 e. The molecule has 0 unspecified atom stereocenters. The van der Waals surface area contributed by atoms with E-state index in [0.717, 1.165) is 5.56 Å². The Labute approximate surface area is 158 Å². The van der Waals surface area contributed by atoms with Crippen molar-refractivity contribution in [1.29, 1.82) is 0 Å². The number of thioether (sulfide) groups is 1. The fourth-order valence-electron chi connectivity index (χ4n) is 2.23. The van der Waals surface area contributed by atoms with Crippen LogP contribution >= 0.6 is 11.8 Å². The van der Waals surface area contributed by atoms with Crippen LogP contribution in [-0.4, -0.2) is 47.4 Å². The first-order chi connectivity index (χ1) is 12.5. The van der Waals surface area contributed by atoms with E-state index in [-0.39, 0.29) is 16.6 Å². The minimum absolute atomic E-state index is 0.137. The Kier molecular flexibility index (Phi) is 7.55. The number of nitrogens with one attached hydrogen (secondary N) is 1. The summed E-state index contributed by atoms with van der Waals surface area (Å²) in [7, 11) is -3.46. The molecule has 0 bridgehead atoms. The zero-order chi connectivity index (χ0) is 19.0. The van der Waals surface area contributed by atoms with Crippen LogP contribution in [0.5, 0.6) is 0 Å². The monoisotopic (exact) mass is 394 g/mol. The van der Waals surface area contributed by atoms with Gasteiger partial charge in [0.1, 0.15) is 0 Å².